The molecule has 1 aromatic rings. The van der Waals surface area contributed by atoms with Gasteiger partial charge in [0.1, 0.15) is 0 Å². The Balaban J connectivity index is 1.96. The van der Waals surface area contributed by atoms with Crippen LogP contribution >= 0.6 is 11.8 Å². The molecular weight excluding hydrogens is 206 g/mol. The van der Waals surface area contributed by atoms with Crippen molar-refractivity contribution in [1.82, 2.24) is 15.1 Å². The lowest BCUT2D eigenvalue weighted by Crippen LogP contribution is -2.29. The summed E-state index contributed by atoms with van der Waals surface area (Å²) in [5.41, 5.74) is 0. The Morgan fingerprint density at radius 3 is 2.87 bits per heavy atom. The molecule has 15 heavy (non-hydrogen) atoms. The van der Waals surface area contributed by atoms with Gasteiger partial charge in [-0.15, -0.1) is 11.8 Å². The third-order valence-electron chi connectivity index (χ3n) is 3.32. The fourth-order valence-electron chi connectivity index (χ4n) is 2.34. The van der Waals surface area contributed by atoms with E-state index in [0.717, 1.165) is 11.2 Å². The van der Waals surface area contributed by atoms with Gasteiger partial charge in [0.05, 0.1) is 6.20 Å². The lowest BCUT2D eigenvalue weighted by atomic mass is 10.1. The first-order valence-corrected chi connectivity index (χ1v) is 6.41. The first kappa shape index (κ1) is 11.0. The Hall–Kier alpha value is -0.480. The zero-order valence-corrected chi connectivity index (χ0v) is 10.4. The highest BCUT2D eigenvalue weighted by Gasteiger charge is 2.32. The molecule has 1 heterocycles. The van der Waals surface area contributed by atoms with Gasteiger partial charge in [-0.25, -0.2) is 0 Å². The molecule has 3 nitrogen and oxygen atoms in total. The lowest BCUT2D eigenvalue weighted by Gasteiger charge is -2.19. The number of nitrogens with zero attached hydrogens (tertiary/aromatic N) is 2. The van der Waals surface area contributed by atoms with Crippen molar-refractivity contribution < 1.29 is 0 Å². The molecule has 1 aromatic heterocycles. The molecule has 0 saturated heterocycles. The van der Waals surface area contributed by atoms with Crippen molar-refractivity contribution in [2.24, 2.45) is 13.0 Å². The predicted molar refractivity (Wildman–Crippen MR) is 64.1 cm³/mol. The van der Waals surface area contributed by atoms with Crippen LogP contribution in [0.1, 0.15) is 19.8 Å². The molecule has 1 aliphatic carbocycles. The van der Waals surface area contributed by atoms with Crippen LogP contribution in [-0.2, 0) is 7.05 Å². The van der Waals surface area contributed by atoms with Crippen LogP contribution in [0.3, 0.4) is 0 Å². The number of thioether (sulfide) groups is 1. The highest BCUT2D eigenvalue weighted by atomic mass is 32.2. The molecule has 0 aliphatic heterocycles. The van der Waals surface area contributed by atoms with Gasteiger partial charge >= 0.3 is 0 Å². The Kier molecular flexibility index (Phi) is 3.36. The number of aromatic nitrogens is 2. The smallest absolute Gasteiger partial charge is 0.0625 e. The van der Waals surface area contributed by atoms with Crippen LogP contribution in [0.15, 0.2) is 17.3 Å². The maximum absolute atomic E-state index is 4.20. The van der Waals surface area contributed by atoms with E-state index in [1.54, 1.807) is 0 Å². The molecule has 1 N–H and O–H groups in total. The normalized spacial score (nSPS) is 31.0. The molecule has 4 heteroatoms. The molecule has 0 amide bonds. The van der Waals surface area contributed by atoms with Gasteiger partial charge in [0.25, 0.3) is 0 Å². The van der Waals surface area contributed by atoms with Crippen molar-refractivity contribution in [3.63, 3.8) is 0 Å². The van der Waals surface area contributed by atoms with Crippen LogP contribution in [0, 0.1) is 5.92 Å². The first-order valence-electron chi connectivity index (χ1n) is 5.53. The zero-order valence-electron chi connectivity index (χ0n) is 9.60. The summed E-state index contributed by atoms with van der Waals surface area (Å²) in [6.45, 7) is 2.35. The molecule has 1 saturated carbocycles. The van der Waals surface area contributed by atoms with E-state index in [1.165, 1.54) is 17.7 Å². The molecule has 3 atom stereocenters. The van der Waals surface area contributed by atoms with Crippen molar-refractivity contribution in [2.45, 2.75) is 36.0 Å². The minimum Gasteiger partial charge on any atom is -0.317 e. The largest absolute Gasteiger partial charge is 0.317 e. The van der Waals surface area contributed by atoms with Crippen LogP contribution < -0.4 is 5.32 Å². The number of hydrogen-bond acceptors (Lipinski definition) is 3. The number of rotatable bonds is 3. The fraction of sp³-hybridized carbons (Fsp3) is 0.727. The SMILES string of the molecule is CNC1CCC(Sc2cnn(C)c2)C1C. The minimum atomic E-state index is 0.694. The van der Waals surface area contributed by atoms with Gasteiger partial charge in [0.2, 0.25) is 0 Å². The molecular formula is C11H19N3S. The van der Waals surface area contributed by atoms with Gasteiger partial charge in [-0.05, 0) is 25.8 Å². The van der Waals surface area contributed by atoms with Gasteiger partial charge < -0.3 is 5.32 Å². The molecule has 0 bridgehead atoms. The van der Waals surface area contributed by atoms with E-state index in [4.69, 9.17) is 0 Å². The highest BCUT2D eigenvalue weighted by Crippen LogP contribution is 2.38. The molecule has 1 aliphatic rings. The average Bonchev–Trinajstić information content (AvgIpc) is 2.76. The van der Waals surface area contributed by atoms with Crippen molar-refractivity contribution in [1.29, 1.82) is 0 Å². The monoisotopic (exact) mass is 225 g/mol. The Labute approximate surface area is 95.6 Å². The summed E-state index contributed by atoms with van der Waals surface area (Å²) in [4.78, 5) is 1.30. The number of hydrogen-bond donors (Lipinski definition) is 1. The van der Waals surface area contributed by atoms with Crippen molar-refractivity contribution in [3.8, 4) is 0 Å². The van der Waals surface area contributed by atoms with E-state index in [0.29, 0.717) is 6.04 Å². The van der Waals surface area contributed by atoms with Crippen molar-refractivity contribution in [2.75, 3.05) is 7.05 Å². The molecule has 84 valence electrons. The maximum Gasteiger partial charge on any atom is 0.0625 e. The molecule has 3 unspecified atom stereocenters. The van der Waals surface area contributed by atoms with Gasteiger partial charge in [-0.2, -0.15) is 5.10 Å². The molecule has 1 fully saturated rings. The van der Waals surface area contributed by atoms with Crippen LogP contribution in [0.5, 0.6) is 0 Å². The van der Waals surface area contributed by atoms with E-state index in [9.17, 15) is 0 Å². The topological polar surface area (TPSA) is 29.9 Å². The van der Waals surface area contributed by atoms with Gasteiger partial charge in [-0.3, -0.25) is 4.68 Å². The van der Waals surface area contributed by atoms with Gasteiger partial charge in [0, 0.05) is 29.4 Å². The first-order chi connectivity index (χ1) is 7.20. The van der Waals surface area contributed by atoms with Crippen LogP contribution in [0.25, 0.3) is 0 Å². The maximum atomic E-state index is 4.20. The van der Waals surface area contributed by atoms with Crippen molar-refractivity contribution >= 4 is 11.8 Å². The summed E-state index contributed by atoms with van der Waals surface area (Å²) >= 11 is 1.98. The van der Waals surface area contributed by atoms with E-state index < -0.39 is 0 Å². The summed E-state index contributed by atoms with van der Waals surface area (Å²) in [7, 11) is 4.04. The summed E-state index contributed by atoms with van der Waals surface area (Å²) in [6, 6.07) is 0.694. The van der Waals surface area contributed by atoms with Crippen LogP contribution in [0.4, 0.5) is 0 Å². The Morgan fingerprint density at radius 1 is 1.53 bits per heavy atom. The summed E-state index contributed by atoms with van der Waals surface area (Å²) in [6.07, 6.45) is 6.68. The number of aryl methyl sites for hydroxylation is 1. The van der Waals surface area contributed by atoms with Crippen molar-refractivity contribution in [3.05, 3.63) is 12.4 Å². The molecule has 0 aromatic carbocycles. The summed E-state index contributed by atoms with van der Waals surface area (Å²) in [5.74, 6) is 0.750. The van der Waals surface area contributed by atoms with Gasteiger partial charge in [0.15, 0.2) is 0 Å². The third-order valence-corrected chi connectivity index (χ3v) is 4.77. The predicted octanol–water partition coefficient (Wildman–Crippen LogP) is 1.90. The second-order valence-corrected chi connectivity index (χ2v) is 5.65. The van der Waals surface area contributed by atoms with E-state index in [-0.39, 0.29) is 0 Å². The average molecular weight is 225 g/mol. The summed E-state index contributed by atoms with van der Waals surface area (Å²) in [5, 5.41) is 8.35. The van der Waals surface area contributed by atoms with E-state index in [2.05, 4.69) is 30.6 Å². The van der Waals surface area contributed by atoms with Crippen LogP contribution in [-0.4, -0.2) is 28.1 Å². The quantitative estimate of drug-likeness (QED) is 0.852. The zero-order chi connectivity index (χ0) is 10.8. The highest BCUT2D eigenvalue weighted by molar-refractivity contribution is 8.00. The standard InChI is InChI=1S/C11H19N3S/c1-8-10(12-2)4-5-11(8)15-9-6-13-14(3)7-9/h6-8,10-12H,4-5H2,1-3H3. The van der Waals surface area contributed by atoms with E-state index >= 15 is 0 Å². The Bertz CT molecular complexity index is 323. The van der Waals surface area contributed by atoms with Gasteiger partial charge in [-0.1, -0.05) is 6.92 Å². The molecule has 0 spiro atoms. The third kappa shape index (κ3) is 2.37. The second kappa shape index (κ2) is 4.58. The number of nitrogens with one attached hydrogen (secondary N) is 1. The van der Waals surface area contributed by atoms with Crippen LogP contribution in [0.2, 0.25) is 0 Å². The lowest BCUT2D eigenvalue weighted by molar-refractivity contribution is 0.464. The summed E-state index contributed by atoms with van der Waals surface area (Å²) < 4.78 is 1.87. The Morgan fingerprint density at radius 2 is 2.33 bits per heavy atom. The van der Waals surface area contributed by atoms with E-state index in [1.807, 2.05) is 29.7 Å². The second-order valence-electron chi connectivity index (χ2n) is 4.34. The minimum absolute atomic E-state index is 0.694. The molecule has 2 rings (SSSR count). The molecule has 0 radical (unpaired) electrons. The fourth-order valence-corrected chi connectivity index (χ4v) is 3.67.